The summed E-state index contributed by atoms with van der Waals surface area (Å²) >= 11 is 5.85. The highest BCUT2D eigenvalue weighted by atomic mass is 35.5. The van der Waals surface area contributed by atoms with E-state index in [0.29, 0.717) is 5.02 Å². The van der Waals surface area contributed by atoms with Gasteiger partial charge in [-0.2, -0.15) is 0 Å². The molecular formula is C16H21ClN2O4. The minimum absolute atomic E-state index is 0.0884. The van der Waals surface area contributed by atoms with E-state index in [9.17, 15) is 9.59 Å². The number of aliphatic carboxylic acids is 1. The van der Waals surface area contributed by atoms with Crippen LogP contribution in [0.4, 0.5) is 10.5 Å². The standard InChI is InChI=1S/C16H21ClN2O4/c1-15(2,3)23-14(22)19-9-16(10-19,8-13(20)21)18-12-6-4-11(17)5-7-12/h4-7,18H,8-10H2,1-3H3,(H,20,21). The van der Waals surface area contributed by atoms with E-state index >= 15 is 0 Å². The molecule has 0 bridgehead atoms. The molecule has 2 rings (SSSR count). The first kappa shape index (κ1) is 17.4. The van der Waals surface area contributed by atoms with Crippen LogP contribution in [0.5, 0.6) is 0 Å². The van der Waals surface area contributed by atoms with Gasteiger partial charge in [0.25, 0.3) is 0 Å². The van der Waals surface area contributed by atoms with Crippen LogP contribution in [0.2, 0.25) is 5.02 Å². The van der Waals surface area contributed by atoms with Gasteiger partial charge in [0.1, 0.15) is 5.60 Å². The Morgan fingerprint density at radius 3 is 2.35 bits per heavy atom. The molecule has 0 aromatic heterocycles. The van der Waals surface area contributed by atoms with Gasteiger partial charge < -0.3 is 20.1 Å². The van der Waals surface area contributed by atoms with E-state index in [1.165, 1.54) is 4.90 Å². The molecule has 23 heavy (non-hydrogen) atoms. The second-order valence-electron chi connectivity index (χ2n) is 6.82. The molecule has 0 unspecified atom stereocenters. The van der Waals surface area contributed by atoms with Gasteiger partial charge >= 0.3 is 12.1 Å². The average Bonchev–Trinajstić information content (AvgIpc) is 2.35. The Morgan fingerprint density at radius 1 is 1.30 bits per heavy atom. The monoisotopic (exact) mass is 340 g/mol. The maximum Gasteiger partial charge on any atom is 0.410 e. The van der Waals surface area contributed by atoms with Crippen LogP contribution in [0.25, 0.3) is 0 Å². The van der Waals surface area contributed by atoms with Gasteiger partial charge in [-0.1, -0.05) is 11.6 Å². The molecule has 1 aliphatic rings. The number of hydrogen-bond donors (Lipinski definition) is 2. The van der Waals surface area contributed by atoms with Crippen LogP contribution in [-0.4, -0.2) is 46.3 Å². The van der Waals surface area contributed by atoms with Gasteiger partial charge in [0.05, 0.1) is 12.0 Å². The van der Waals surface area contributed by atoms with Crippen LogP contribution in [0.15, 0.2) is 24.3 Å². The van der Waals surface area contributed by atoms with E-state index in [4.69, 9.17) is 21.4 Å². The number of carbonyl (C=O) groups excluding carboxylic acids is 1. The lowest BCUT2D eigenvalue weighted by Crippen LogP contribution is -2.68. The molecule has 0 radical (unpaired) electrons. The van der Waals surface area contributed by atoms with Gasteiger partial charge in [-0.3, -0.25) is 4.79 Å². The summed E-state index contributed by atoms with van der Waals surface area (Å²) in [5, 5.41) is 13.0. The van der Waals surface area contributed by atoms with Crippen LogP contribution in [0.1, 0.15) is 27.2 Å². The predicted octanol–water partition coefficient (Wildman–Crippen LogP) is 3.22. The van der Waals surface area contributed by atoms with Gasteiger partial charge in [0, 0.05) is 23.8 Å². The maximum absolute atomic E-state index is 12.0. The number of halogens is 1. The zero-order chi connectivity index (χ0) is 17.3. The average molecular weight is 341 g/mol. The zero-order valence-electron chi connectivity index (χ0n) is 13.4. The quantitative estimate of drug-likeness (QED) is 0.879. The number of amides is 1. The number of rotatable bonds is 4. The molecule has 126 valence electrons. The second kappa shape index (κ2) is 6.28. The highest BCUT2D eigenvalue weighted by Crippen LogP contribution is 2.31. The Hall–Kier alpha value is -1.95. The molecule has 0 aliphatic carbocycles. The fourth-order valence-corrected chi connectivity index (χ4v) is 2.63. The van der Waals surface area contributed by atoms with Crippen molar-refractivity contribution in [2.45, 2.75) is 38.3 Å². The topological polar surface area (TPSA) is 78.9 Å². The lowest BCUT2D eigenvalue weighted by Gasteiger charge is -2.50. The van der Waals surface area contributed by atoms with E-state index < -0.39 is 23.2 Å². The summed E-state index contributed by atoms with van der Waals surface area (Å²) in [6.45, 7) is 5.93. The van der Waals surface area contributed by atoms with Crippen molar-refractivity contribution in [3.63, 3.8) is 0 Å². The SMILES string of the molecule is CC(C)(C)OC(=O)N1CC(CC(=O)O)(Nc2ccc(Cl)cc2)C1. The number of nitrogens with one attached hydrogen (secondary N) is 1. The third kappa shape index (κ3) is 4.76. The van der Waals surface area contributed by atoms with E-state index in [0.717, 1.165) is 5.69 Å². The molecule has 1 aromatic carbocycles. The van der Waals surface area contributed by atoms with Gasteiger partial charge in [0.15, 0.2) is 0 Å². The van der Waals surface area contributed by atoms with Crippen molar-refractivity contribution in [1.29, 1.82) is 0 Å². The van der Waals surface area contributed by atoms with E-state index in [1.807, 2.05) is 0 Å². The van der Waals surface area contributed by atoms with E-state index in [-0.39, 0.29) is 19.5 Å². The molecule has 1 aliphatic heterocycles. The number of anilines is 1. The number of carbonyl (C=O) groups is 2. The summed E-state index contributed by atoms with van der Waals surface area (Å²) in [6.07, 6.45) is -0.522. The summed E-state index contributed by atoms with van der Waals surface area (Å²) in [4.78, 5) is 24.7. The molecule has 1 saturated heterocycles. The highest BCUT2D eigenvalue weighted by molar-refractivity contribution is 6.30. The van der Waals surface area contributed by atoms with Gasteiger partial charge in [-0.05, 0) is 45.0 Å². The van der Waals surface area contributed by atoms with Crippen LogP contribution >= 0.6 is 11.6 Å². The molecule has 1 heterocycles. The molecular weight excluding hydrogens is 320 g/mol. The van der Waals surface area contributed by atoms with Crippen molar-refractivity contribution in [1.82, 2.24) is 4.90 Å². The molecule has 0 spiro atoms. The molecule has 1 aromatic rings. The minimum atomic E-state index is -0.921. The number of hydrogen-bond acceptors (Lipinski definition) is 4. The van der Waals surface area contributed by atoms with Crippen molar-refractivity contribution in [3.8, 4) is 0 Å². The summed E-state index contributed by atoms with van der Waals surface area (Å²) in [5.74, 6) is -0.921. The Labute approximate surface area is 140 Å². The Balaban J connectivity index is 2.04. The molecule has 6 nitrogen and oxygen atoms in total. The Bertz CT molecular complexity index is 589. The highest BCUT2D eigenvalue weighted by Gasteiger charge is 2.48. The third-order valence-electron chi connectivity index (χ3n) is 3.38. The van der Waals surface area contributed by atoms with Crippen LogP contribution in [-0.2, 0) is 9.53 Å². The van der Waals surface area contributed by atoms with Crippen LogP contribution in [0.3, 0.4) is 0 Å². The molecule has 0 saturated carbocycles. The van der Waals surface area contributed by atoms with E-state index in [2.05, 4.69) is 5.32 Å². The van der Waals surface area contributed by atoms with Crippen LogP contribution < -0.4 is 5.32 Å². The summed E-state index contributed by atoms with van der Waals surface area (Å²) in [6, 6.07) is 7.01. The minimum Gasteiger partial charge on any atom is -0.481 e. The van der Waals surface area contributed by atoms with E-state index in [1.54, 1.807) is 45.0 Å². The number of carboxylic acids is 1. The second-order valence-corrected chi connectivity index (χ2v) is 7.26. The molecule has 0 atom stereocenters. The number of benzene rings is 1. The van der Waals surface area contributed by atoms with Crippen LogP contribution in [0, 0.1) is 0 Å². The first-order valence-electron chi connectivity index (χ1n) is 7.32. The summed E-state index contributed by atoms with van der Waals surface area (Å²) in [5.41, 5.74) is -0.512. The first-order chi connectivity index (χ1) is 10.6. The first-order valence-corrected chi connectivity index (χ1v) is 7.70. The zero-order valence-corrected chi connectivity index (χ0v) is 14.2. The largest absolute Gasteiger partial charge is 0.481 e. The molecule has 2 N–H and O–H groups in total. The normalized spacial score (nSPS) is 16.4. The van der Waals surface area contributed by atoms with Gasteiger partial charge in [-0.15, -0.1) is 0 Å². The fraction of sp³-hybridized carbons (Fsp3) is 0.500. The Kier molecular flexibility index (Phi) is 4.75. The van der Waals surface area contributed by atoms with Crippen molar-refractivity contribution >= 4 is 29.4 Å². The molecule has 1 amide bonds. The fourth-order valence-electron chi connectivity index (χ4n) is 2.50. The van der Waals surface area contributed by atoms with Crippen molar-refractivity contribution in [2.24, 2.45) is 0 Å². The summed E-state index contributed by atoms with van der Waals surface area (Å²) < 4.78 is 5.30. The number of likely N-dealkylation sites (tertiary alicyclic amines) is 1. The number of nitrogens with zero attached hydrogens (tertiary/aromatic N) is 1. The summed E-state index contributed by atoms with van der Waals surface area (Å²) in [7, 11) is 0. The van der Waals surface area contributed by atoms with Crippen molar-refractivity contribution in [3.05, 3.63) is 29.3 Å². The maximum atomic E-state index is 12.0. The van der Waals surface area contributed by atoms with Crippen molar-refractivity contribution < 1.29 is 19.4 Å². The number of ether oxygens (including phenoxy) is 1. The van der Waals surface area contributed by atoms with Crippen molar-refractivity contribution in [2.75, 3.05) is 18.4 Å². The van der Waals surface area contributed by atoms with Gasteiger partial charge in [-0.25, -0.2) is 4.79 Å². The smallest absolute Gasteiger partial charge is 0.410 e. The third-order valence-corrected chi connectivity index (χ3v) is 3.63. The van der Waals surface area contributed by atoms with Gasteiger partial charge in [0.2, 0.25) is 0 Å². The Morgan fingerprint density at radius 2 is 1.87 bits per heavy atom. The lowest BCUT2D eigenvalue weighted by molar-refractivity contribution is -0.139. The lowest BCUT2D eigenvalue weighted by atomic mass is 9.86. The molecule has 7 heteroatoms. The molecule has 1 fully saturated rings. The predicted molar refractivity (Wildman–Crippen MR) is 87.9 cm³/mol. The number of carboxylic acid groups (broad SMARTS) is 1.